The van der Waals surface area contributed by atoms with Gasteiger partial charge in [0.1, 0.15) is 0 Å². The molecular weight excluding hydrogens is 404 g/mol. The number of ether oxygens (including phenoxy) is 1. The Hall–Kier alpha value is -2.35. The van der Waals surface area contributed by atoms with E-state index in [2.05, 4.69) is 58.9 Å². The Morgan fingerprint density at radius 2 is 1.52 bits per heavy atom. The molecular formula is C31H42O2. The molecule has 33 heavy (non-hydrogen) atoms. The summed E-state index contributed by atoms with van der Waals surface area (Å²) in [6.45, 7) is 14.1. The van der Waals surface area contributed by atoms with Crippen LogP contribution in [0.5, 0.6) is 0 Å². The quantitative estimate of drug-likeness (QED) is 0.219. The van der Waals surface area contributed by atoms with E-state index in [4.69, 9.17) is 4.74 Å². The van der Waals surface area contributed by atoms with Gasteiger partial charge in [-0.15, -0.1) is 0 Å². The summed E-state index contributed by atoms with van der Waals surface area (Å²) in [5, 5.41) is 0. The van der Waals surface area contributed by atoms with Crippen molar-refractivity contribution >= 4 is 18.1 Å². The average molecular weight is 447 g/mol. The maximum atomic E-state index is 11.9. The summed E-state index contributed by atoms with van der Waals surface area (Å²) < 4.78 is 5.10. The highest BCUT2D eigenvalue weighted by molar-refractivity contribution is 5.89. The molecule has 1 aliphatic carbocycles. The van der Waals surface area contributed by atoms with Gasteiger partial charge in [-0.2, -0.15) is 0 Å². The zero-order valence-electron chi connectivity index (χ0n) is 21.6. The van der Waals surface area contributed by atoms with Crippen molar-refractivity contribution in [1.82, 2.24) is 0 Å². The van der Waals surface area contributed by atoms with E-state index < -0.39 is 0 Å². The lowest BCUT2D eigenvalue weighted by molar-refractivity contribution is 0.0526. The first kappa shape index (κ1) is 25.3. The second-order valence-corrected chi connectivity index (χ2v) is 10.9. The fourth-order valence-corrected chi connectivity index (χ4v) is 4.92. The smallest absolute Gasteiger partial charge is 0.338 e. The zero-order chi connectivity index (χ0) is 24.1. The Morgan fingerprint density at radius 3 is 2.12 bits per heavy atom. The SMILES string of the molecule is CCCCCCc1cc2c(cc1C=Cc1ccc(C(=O)OCC)cc1)C(C)(C)CCC2(C)C. The van der Waals surface area contributed by atoms with Crippen LogP contribution in [0.3, 0.4) is 0 Å². The Labute approximate surface area is 201 Å². The van der Waals surface area contributed by atoms with Crippen LogP contribution >= 0.6 is 0 Å². The standard InChI is InChI=1S/C31H42O2/c1-7-9-10-11-12-25-21-27-28(31(5,6)20-19-30(27,3)4)22-26(25)18-15-23-13-16-24(17-14-23)29(32)33-8-2/h13-18,21-22H,7-12,19-20H2,1-6H3. The van der Waals surface area contributed by atoms with Gasteiger partial charge in [-0.25, -0.2) is 4.79 Å². The van der Waals surface area contributed by atoms with Gasteiger partial charge in [0.05, 0.1) is 12.2 Å². The van der Waals surface area contributed by atoms with Crippen LogP contribution in [0.4, 0.5) is 0 Å². The molecule has 1 aliphatic rings. The lowest BCUT2D eigenvalue weighted by Crippen LogP contribution is -2.34. The van der Waals surface area contributed by atoms with Gasteiger partial charge in [-0.05, 0) is 83.4 Å². The van der Waals surface area contributed by atoms with Crippen LogP contribution in [0.1, 0.15) is 118 Å². The number of fused-ring (bicyclic) bond motifs is 1. The van der Waals surface area contributed by atoms with E-state index >= 15 is 0 Å². The first-order chi connectivity index (χ1) is 15.7. The number of rotatable bonds is 9. The monoisotopic (exact) mass is 446 g/mol. The second-order valence-electron chi connectivity index (χ2n) is 10.9. The van der Waals surface area contributed by atoms with E-state index in [1.54, 1.807) is 5.56 Å². The highest BCUT2D eigenvalue weighted by Crippen LogP contribution is 2.47. The minimum absolute atomic E-state index is 0.204. The molecule has 2 aromatic carbocycles. The number of unbranched alkanes of at least 4 members (excludes halogenated alkanes) is 3. The van der Waals surface area contributed by atoms with Crippen molar-refractivity contribution in [3.63, 3.8) is 0 Å². The van der Waals surface area contributed by atoms with Crippen LogP contribution in [0.15, 0.2) is 36.4 Å². The molecule has 0 atom stereocenters. The Bertz CT molecular complexity index is 977. The fourth-order valence-electron chi connectivity index (χ4n) is 4.92. The molecule has 2 heteroatoms. The summed E-state index contributed by atoms with van der Waals surface area (Å²) in [6.07, 6.45) is 13.1. The third kappa shape index (κ3) is 6.16. The molecule has 3 rings (SSSR count). The molecule has 0 unspecified atom stereocenters. The van der Waals surface area contributed by atoms with Crippen LogP contribution in [0.2, 0.25) is 0 Å². The van der Waals surface area contributed by atoms with Crippen LogP contribution in [0.25, 0.3) is 12.2 Å². The molecule has 0 spiro atoms. The van der Waals surface area contributed by atoms with Crippen molar-refractivity contribution in [3.05, 3.63) is 69.8 Å². The van der Waals surface area contributed by atoms with E-state index in [1.807, 2.05) is 31.2 Å². The first-order valence-electron chi connectivity index (χ1n) is 12.8. The molecule has 0 aromatic heterocycles. The van der Waals surface area contributed by atoms with Crippen molar-refractivity contribution in [2.45, 2.75) is 97.3 Å². The maximum absolute atomic E-state index is 11.9. The van der Waals surface area contributed by atoms with Gasteiger partial charge in [-0.1, -0.05) is 90.3 Å². The normalized spacial score (nSPS) is 16.5. The third-order valence-corrected chi connectivity index (χ3v) is 7.29. The number of aryl methyl sites for hydroxylation is 1. The van der Waals surface area contributed by atoms with Crippen LogP contribution < -0.4 is 0 Å². The molecule has 0 fully saturated rings. The van der Waals surface area contributed by atoms with Gasteiger partial charge < -0.3 is 4.74 Å². The van der Waals surface area contributed by atoms with Gasteiger partial charge in [-0.3, -0.25) is 0 Å². The number of benzene rings is 2. The van der Waals surface area contributed by atoms with Crippen molar-refractivity contribution < 1.29 is 9.53 Å². The first-order valence-corrected chi connectivity index (χ1v) is 12.8. The molecule has 0 saturated carbocycles. The van der Waals surface area contributed by atoms with Crippen LogP contribution in [-0.2, 0) is 22.0 Å². The zero-order valence-corrected chi connectivity index (χ0v) is 21.6. The largest absolute Gasteiger partial charge is 0.462 e. The van der Waals surface area contributed by atoms with Gasteiger partial charge >= 0.3 is 5.97 Å². The molecule has 2 nitrogen and oxygen atoms in total. The average Bonchev–Trinajstić information content (AvgIpc) is 2.79. The predicted molar refractivity (Wildman–Crippen MR) is 141 cm³/mol. The molecule has 0 bridgehead atoms. The Balaban J connectivity index is 1.94. The summed E-state index contributed by atoms with van der Waals surface area (Å²) in [7, 11) is 0. The summed E-state index contributed by atoms with van der Waals surface area (Å²) in [5.41, 5.74) is 7.98. The number of hydrogen-bond donors (Lipinski definition) is 0. The maximum Gasteiger partial charge on any atom is 0.338 e. The Kier molecular flexibility index (Phi) is 8.21. The van der Waals surface area contributed by atoms with Gasteiger partial charge in [0.25, 0.3) is 0 Å². The number of esters is 1. The lowest BCUT2D eigenvalue weighted by atomic mass is 9.62. The lowest BCUT2D eigenvalue weighted by Gasteiger charge is -2.42. The van der Waals surface area contributed by atoms with Crippen molar-refractivity contribution in [1.29, 1.82) is 0 Å². The second kappa shape index (κ2) is 10.7. The fraction of sp³-hybridized carbons (Fsp3) is 0.516. The highest BCUT2D eigenvalue weighted by Gasteiger charge is 2.37. The van der Waals surface area contributed by atoms with E-state index in [1.165, 1.54) is 55.2 Å². The summed E-state index contributed by atoms with van der Waals surface area (Å²) >= 11 is 0. The van der Waals surface area contributed by atoms with Crippen LogP contribution in [0, 0.1) is 0 Å². The number of hydrogen-bond acceptors (Lipinski definition) is 2. The summed E-state index contributed by atoms with van der Waals surface area (Å²) in [5.74, 6) is -0.262. The van der Waals surface area contributed by atoms with E-state index in [9.17, 15) is 4.79 Å². The van der Waals surface area contributed by atoms with Gasteiger partial charge in [0, 0.05) is 0 Å². The third-order valence-electron chi connectivity index (χ3n) is 7.29. The highest BCUT2D eigenvalue weighted by atomic mass is 16.5. The van der Waals surface area contributed by atoms with Crippen molar-refractivity contribution in [2.24, 2.45) is 0 Å². The van der Waals surface area contributed by atoms with Gasteiger partial charge in [0.2, 0.25) is 0 Å². The molecule has 0 amide bonds. The minimum Gasteiger partial charge on any atom is -0.462 e. The molecule has 0 heterocycles. The number of carbonyl (C=O) groups excluding carboxylic acids is 1. The molecule has 0 N–H and O–H groups in total. The van der Waals surface area contributed by atoms with E-state index in [0.29, 0.717) is 12.2 Å². The molecule has 0 radical (unpaired) electrons. The predicted octanol–water partition coefficient (Wildman–Crippen LogP) is 8.51. The van der Waals surface area contributed by atoms with Crippen molar-refractivity contribution in [3.8, 4) is 0 Å². The Morgan fingerprint density at radius 1 is 0.879 bits per heavy atom. The topological polar surface area (TPSA) is 26.3 Å². The molecule has 0 aliphatic heterocycles. The minimum atomic E-state index is -0.262. The number of carbonyl (C=O) groups is 1. The summed E-state index contributed by atoms with van der Waals surface area (Å²) in [4.78, 5) is 11.9. The van der Waals surface area contributed by atoms with E-state index in [0.717, 1.165) is 12.0 Å². The van der Waals surface area contributed by atoms with Crippen LogP contribution in [-0.4, -0.2) is 12.6 Å². The van der Waals surface area contributed by atoms with Gasteiger partial charge in [0.15, 0.2) is 0 Å². The molecule has 2 aromatic rings. The molecule has 0 saturated heterocycles. The van der Waals surface area contributed by atoms with E-state index in [-0.39, 0.29) is 16.8 Å². The summed E-state index contributed by atoms with van der Waals surface area (Å²) in [6, 6.07) is 12.7. The van der Waals surface area contributed by atoms with Crippen molar-refractivity contribution in [2.75, 3.05) is 6.61 Å². The molecule has 178 valence electrons.